The highest BCUT2D eigenvalue weighted by atomic mass is 19.3. The highest BCUT2D eigenvalue weighted by Gasteiger charge is 2.37. The number of hydrogen-bond acceptors (Lipinski definition) is 2. The molecule has 2 nitrogen and oxygen atoms in total. The van der Waals surface area contributed by atoms with Crippen molar-refractivity contribution in [3.8, 4) is 0 Å². The Hall–Kier alpha value is -0.220. The summed E-state index contributed by atoms with van der Waals surface area (Å²) in [4.78, 5) is 0. The van der Waals surface area contributed by atoms with E-state index in [4.69, 9.17) is 10.5 Å². The molecule has 2 N–H and O–H groups in total. The fourth-order valence-electron chi connectivity index (χ4n) is 1.46. The smallest absolute Gasteiger partial charge is 0.265 e. The third kappa shape index (κ3) is 3.19. The fraction of sp³-hybridized carbons (Fsp3) is 1.00. The highest BCUT2D eigenvalue weighted by Crippen LogP contribution is 2.28. The van der Waals surface area contributed by atoms with Gasteiger partial charge in [-0.2, -0.15) is 0 Å². The van der Waals surface area contributed by atoms with E-state index >= 15 is 0 Å². The summed E-state index contributed by atoms with van der Waals surface area (Å²) in [6.07, 6.45) is 2.18. The molecule has 13 heavy (non-hydrogen) atoms. The molecular formula is C9H17F2NO. The second kappa shape index (κ2) is 4.33. The lowest BCUT2D eigenvalue weighted by atomic mass is 9.99. The fourth-order valence-corrected chi connectivity index (χ4v) is 1.46. The normalized spacial score (nSPS) is 27.2. The number of ether oxygens (including phenoxy) is 1. The maximum Gasteiger partial charge on any atom is 0.265 e. The van der Waals surface area contributed by atoms with Gasteiger partial charge in [-0.15, -0.1) is 0 Å². The summed E-state index contributed by atoms with van der Waals surface area (Å²) >= 11 is 0. The molecule has 0 unspecified atom stereocenters. The minimum Gasteiger partial charge on any atom is -0.378 e. The molecule has 0 aromatic heterocycles. The molecule has 0 spiro atoms. The van der Waals surface area contributed by atoms with Crippen LogP contribution in [0.3, 0.4) is 0 Å². The Labute approximate surface area is 77.4 Å². The minimum atomic E-state index is -2.79. The van der Waals surface area contributed by atoms with Gasteiger partial charge in [0.15, 0.2) is 0 Å². The lowest BCUT2D eigenvalue weighted by Crippen LogP contribution is -2.42. The van der Waals surface area contributed by atoms with E-state index in [-0.39, 0.29) is 12.5 Å². The van der Waals surface area contributed by atoms with E-state index < -0.39 is 12.0 Å². The molecule has 0 bridgehead atoms. The largest absolute Gasteiger partial charge is 0.378 e. The Kier molecular flexibility index (Phi) is 3.62. The van der Waals surface area contributed by atoms with Gasteiger partial charge in [0, 0.05) is 13.0 Å². The van der Waals surface area contributed by atoms with Gasteiger partial charge in [0.1, 0.15) is 0 Å². The van der Waals surface area contributed by atoms with E-state index in [0.717, 1.165) is 19.3 Å². The molecule has 0 aliphatic carbocycles. The van der Waals surface area contributed by atoms with Crippen molar-refractivity contribution >= 4 is 0 Å². The van der Waals surface area contributed by atoms with Crippen LogP contribution in [0.2, 0.25) is 0 Å². The maximum atomic E-state index is 13.1. The standard InChI is InChI=1S/C9H17F2NO/c1-7(12)9(10,11)6-8-4-2-3-5-13-8/h7-8H,2-6,12H2,1H3/t7-,8+/m0/s1. The van der Waals surface area contributed by atoms with Crippen molar-refractivity contribution in [2.75, 3.05) is 6.61 Å². The van der Waals surface area contributed by atoms with Crippen molar-refractivity contribution < 1.29 is 13.5 Å². The van der Waals surface area contributed by atoms with Crippen LogP contribution in [0.5, 0.6) is 0 Å². The third-order valence-corrected chi connectivity index (χ3v) is 2.44. The summed E-state index contributed by atoms with van der Waals surface area (Å²) in [5.74, 6) is -2.79. The summed E-state index contributed by atoms with van der Waals surface area (Å²) < 4.78 is 31.5. The molecule has 1 aliphatic rings. The molecule has 0 radical (unpaired) electrons. The quantitative estimate of drug-likeness (QED) is 0.743. The molecule has 78 valence electrons. The van der Waals surface area contributed by atoms with E-state index in [1.807, 2.05) is 0 Å². The zero-order valence-electron chi connectivity index (χ0n) is 7.93. The van der Waals surface area contributed by atoms with Crippen LogP contribution >= 0.6 is 0 Å². The molecule has 0 amide bonds. The number of alkyl halides is 2. The first-order chi connectivity index (χ1) is 6.02. The van der Waals surface area contributed by atoms with Gasteiger partial charge in [-0.25, -0.2) is 8.78 Å². The Morgan fingerprint density at radius 1 is 1.54 bits per heavy atom. The molecule has 4 heteroatoms. The van der Waals surface area contributed by atoms with Crippen LogP contribution in [-0.2, 0) is 4.74 Å². The van der Waals surface area contributed by atoms with Gasteiger partial charge in [-0.05, 0) is 26.2 Å². The zero-order chi connectivity index (χ0) is 9.90. The number of halogens is 2. The van der Waals surface area contributed by atoms with E-state index in [1.165, 1.54) is 6.92 Å². The third-order valence-electron chi connectivity index (χ3n) is 2.44. The molecule has 1 fully saturated rings. The van der Waals surface area contributed by atoms with Gasteiger partial charge >= 0.3 is 0 Å². The van der Waals surface area contributed by atoms with Crippen LogP contribution in [0.15, 0.2) is 0 Å². The average Bonchev–Trinajstić information content (AvgIpc) is 2.05. The molecule has 1 saturated heterocycles. The van der Waals surface area contributed by atoms with Crippen LogP contribution in [0, 0.1) is 0 Å². The van der Waals surface area contributed by atoms with Crippen molar-refractivity contribution in [1.29, 1.82) is 0 Å². The zero-order valence-corrected chi connectivity index (χ0v) is 7.93. The summed E-state index contributed by atoms with van der Waals surface area (Å²) in [7, 11) is 0. The number of rotatable bonds is 3. The van der Waals surface area contributed by atoms with Crippen molar-refractivity contribution in [3.63, 3.8) is 0 Å². The second-order valence-electron chi connectivity index (χ2n) is 3.74. The molecule has 0 aromatic rings. The Balaban J connectivity index is 2.37. The van der Waals surface area contributed by atoms with E-state index in [1.54, 1.807) is 0 Å². The Bertz CT molecular complexity index is 156. The van der Waals surface area contributed by atoms with Gasteiger partial charge in [0.05, 0.1) is 12.1 Å². The van der Waals surface area contributed by atoms with E-state index in [2.05, 4.69) is 0 Å². The van der Waals surface area contributed by atoms with Crippen molar-refractivity contribution in [2.45, 2.75) is 50.7 Å². The second-order valence-corrected chi connectivity index (χ2v) is 3.74. The first-order valence-electron chi connectivity index (χ1n) is 4.77. The highest BCUT2D eigenvalue weighted by molar-refractivity contribution is 4.81. The predicted molar refractivity (Wildman–Crippen MR) is 46.8 cm³/mol. The maximum absolute atomic E-state index is 13.1. The van der Waals surface area contributed by atoms with Gasteiger partial charge in [-0.1, -0.05) is 0 Å². The summed E-state index contributed by atoms with van der Waals surface area (Å²) in [6, 6.07) is -1.09. The molecule has 0 saturated carbocycles. The number of nitrogens with two attached hydrogens (primary N) is 1. The first kappa shape index (κ1) is 10.9. The van der Waals surface area contributed by atoms with Gasteiger partial charge in [0.2, 0.25) is 0 Å². The molecule has 1 heterocycles. The van der Waals surface area contributed by atoms with E-state index in [9.17, 15) is 8.78 Å². The van der Waals surface area contributed by atoms with Gasteiger partial charge in [0.25, 0.3) is 5.92 Å². The summed E-state index contributed by atoms with van der Waals surface area (Å²) in [5.41, 5.74) is 5.18. The molecule has 2 atom stereocenters. The predicted octanol–water partition coefficient (Wildman–Crippen LogP) is 1.93. The summed E-state index contributed by atoms with van der Waals surface area (Å²) in [5, 5.41) is 0. The first-order valence-corrected chi connectivity index (χ1v) is 4.77. The lowest BCUT2D eigenvalue weighted by molar-refractivity contribution is -0.0892. The average molecular weight is 193 g/mol. The Morgan fingerprint density at radius 3 is 2.69 bits per heavy atom. The van der Waals surface area contributed by atoms with Crippen LogP contribution in [-0.4, -0.2) is 24.7 Å². The number of hydrogen-bond donors (Lipinski definition) is 1. The minimum absolute atomic E-state index is 0.231. The lowest BCUT2D eigenvalue weighted by Gasteiger charge is -2.28. The Morgan fingerprint density at radius 2 is 2.23 bits per heavy atom. The van der Waals surface area contributed by atoms with Crippen molar-refractivity contribution in [3.05, 3.63) is 0 Å². The molecule has 1 rings (SSSR count). The molecule has 1 aliphatic heterocycles. The summed E-state index contributed by atoms with van der Waals surface area (Å²) in [6.45, 7) is 1.95. The van der Waals surface area contributed by atoms with Crippen molar-refractivity contribution in [2.24, 2.45) is 5.73 Å². The van der Waals surface area contributed by atoms with E-state index in [0.29, 0.717) is 6.61 Å². The molecular weight excluding hydrogens is 176 g/mol. The van der Waals surface area contributed by atoms with Crippen LogP contribution in [0.25, 0.3) is 0 Å². The topological polar surface area (TPSA) is 35.2 Å². The van der Waals surface area contributed by atoms with Gasteiger partial charge < -0.3 is 10.5 Å². The van der Waals surface area contributed by atoms with Crippen LogP contribution in [0.1, 0.15) is 32.6 Å². The molecule has 0 aromatic carbocycles. The van der Waals surface area contributed by atoms with Gasteiger partial charge in [-0.3, -0.25) is 0 Å². The van der Waals surface area contributed by atoms with Crippen LogP contribution in [0.4, 0.5) is 8.78 Å². The van der Waals surface area contributed by atoms with Crippen molar-refractivity contribution in [1.82, 2.24) is 0 Å². The SMILES string of the molecule is C[C@H](N)C(F)(F)C[C@H]1CCCCO1. The monoisotopic (exact) mass is 193 g/mol. The van der Waals surface area contributed by atoms with Crippen LogP contribution < -0.4 is 5.73 Å².